The van der Waals surface area contributed by atoms with Gasteiger partial charge < -0.3 is 14.3 Å². The molecule has 2 aliphatic heterocycles. The van der Waals surface area contributed by atoms with E-state index in [0.717, 1.165) is 55.4 Å². The second-order valence-electron chi connectivity index (χ2n) is 9.69. The van der Waals surface area contributed by atoms with Crippen molar-refractivity contribution < 1.29 is 9.32 Å². The van der Waals surface area contributed by atoms with Crippen molar-refractivity contribution in [3.05, 3.63) is 47.7 Å². The van der Waals surface area contributed by atoms with E-state index in [2.05, 4.69) is 10.1 Å². The van der Waals surface area contributed by atoms with Gasteiger partial charge in [0.05, 0.1) is 10.9 Å². The number of fused-ring (bicyclic) bond motifs is 1. The fourth-order valence-electron chi connectivity index (χ4n) is 5.34. The average Bonchev–Trinajstić information content (AvgIpc) is 3.40. The highest BCUT2D eigenvalue weighted by Crippen LogP contribution is 2.41. The monoisotopic (exact) mass is 430 g/mol. The number of rotatable bonds is 5. The van der Waals surface area contributed by atoms with E-state index in [9.17, 15) is 4.79 Å². The number of aromatic nitrogens is 2. The Balaban J connectivity index is 1.29. The van der Waals surface area contributed by atoms with E-state index in [-0.39, 0.29) is 5.91 Å². The van der Waals surface area contributed by atoms with Crippen LogP contribution in [0.4, 0.5) is 0 Å². The van der Waals surface area contributed by atoms with Crippen LogP contribution in [0.2, 0.25) is 0 Å². The fraction of sp³-hybridized carbons (Fsp3) is 0.500. The van der Waals surface area contributed by atoms with Crippen LogP contribution in [-0.2, 0) is 0 Å². The number of likely N-dealkylation sites (tertiary alicyclic amines) is 2. The molecule has 0 unspecified atom stereocenters. The lowest BCUT2D eigenvalue weighted by molar-refractivity contribution is 0.0674. The van der Waals surface area contributed by atoms with E-state index in [1.807, 2.05) is 41.3 Å². The van der Waals surface area contributed by atoms with Crippen LogP contribution >= 0.6 is 0 Å². The fourth-order valence-corrected chi connectivity index (χ4v) is 5.34. The normalized spacial score (nSPS) is 20.3. The summed E-state index contributed by atoms with van der Waals surface area (Å²) >= 11 is 0. The lowest BCUT2D eigenvalue weighted by Gasteiger charge is -2.34. The molecule has 6 nitrogen and oxygen atoms in total. The summed E-state index contributed by atoms with van der Waals surface area (Å²) in [6.07, 6.45) is 7.10. The van der Waals surface area contributed by atoms with Crippen molar-refractivity contribution in [2.45, 2.75) is 44.4 Å². The Morgan fingerprint density at radius 3 is 2.47 bits per heavy atom. The molecular weight excluding hydrogens is 400 g/mol. The minimum absolute atomic E-state index is 0.0966. The Bertz CT molecular complexity index is 1110. The first kappa shape index (κ1) is 19.9. The SMILES string of the molecule is O=C(c1cc(C2CC2)nc2onc(-c3ccccc3)c12)N1CCC(CN2CCCC2)CC1. The van der Waals surface area contributed by atoms with Crippen molar-refractivity contribution in [3.8, 4) is 11.3 Å². The van der Waals surface area contributed by atoms with Crippen molar-refractivity contribution in [2.75, 3.05) is 32.7 Å². The summed E-state index contributed by atoms with van der Waals surface area (Å²) < 4.78 is 5.65. The zero-order valence-electron chi connectivity index (χ0n) is 18.5. The van der Waals surface area contributed by atoms with Crippen LogP contribution in [0.15, 0.2) is 40.9 Å². The summed E-state index contributed by atoms with van der Waals surface area (Å²) in [6, 6.07) is 12.0. The maximum absolute atomic E-state index is 13.8. The second kappa shape index (κ2) is 8.32. The van der Waals surface area contributed by atoms with Gasteiger partial charge in [-0.3, -0.25) is 4.79 Å². The van der Waals surface area contributed by atoms with Crippen LogP contribution in [0.25, 0.3) is 22.4 Å². The van der Waals surface area contributed by atoms with Gasteiger partial charge in [-0.25, -0.2) is 4.98 Å². The number of hydrogen-bond acceptors (Lipinski definition) is 5. The highest BCUT2D eigenvalue weighted by molar-refractivity contribution is 6.09. The van der Waals surface area contributed by atoms with Gasteiger partial charge in [0.15, 0.2) is 0 Å². The summed E-state index contributed by atoms with van der Waals surface area (Å²) in [6.45, 7) is 5.33. The highest BCUT2D eigenvalue weighted by atomic mass is 16.5. The summed E-state index contributed by atoms with van der Waals surface area (Å²) in [5.41, 5.74) is 3.82. The molecule has 0 radical (unpaired) electrons. The Morgan fingerprint density at radius 2 is 1.75 bits per heavy atom. The molecule has 0 spiro atoms. The number of piperidine rings is 1. The molecule has 166 valence electrons. The Kier molecular flexibility index (Phi) is 5.18. The third kappa shape index (κ3) is 3.81. The molecule has 2 aromatic heterocycles. The van der Waals surface area contributed by atoms with Gasteiger partial charge in [0, 0.05) is 36.8 Å². The molecule has 1 saturated carbocycles. The Hall–Kier alpha value is -2.73. The number of benzene rings is 1. The quantitative estimate of drug-likeness (QED) is 0.586. The maximum atomic E-state index is 13.8. The zero-order valence-corrected chi connectivity index (χ0v) is 18.5. The molecule has 3 aliphatic rings. The maximum Gasteiger partial charge on any atom is 0.259 e. The molecule has 1 aliphatic carbocycles. The standard InChI is InChI=1S/C26H30N4O2/c31-26(30-14-10-18(11-15-30)17-29-12-4-5-13-29)21-16-22(19-8-9-19)27-25-23(21)24(28-32-25)20-6-2-1-3-7-20/h1-3,6-7,16,18-19H,4-5,8-15,17H2. The molecule has 4 heterocycles. The van der Waals surface area contributed by atoms with Gasteiger partial charge in [0.1, 0.15) is 5.69 Å². The Morgan fingerprint density at radius 1 is 1.00 bits per heavy atom. The van der Waals surface area contributed by atoms with Gasteiger partial charge in [-0.1, -0.05) is 35.5 Å². The molecule has 3 fully saturated rings. The van der Waals surface area contributed by atoms with Crippen LogP contribution < -0.4 is 0 Å². The summed E-state index contributed by atoms with van der Waals surface area (Å²) in [7, 11) is 0. The van der Waals surface area contributed by atoms with Crippen molar-refractivity contribution in [3.63, 3.8) is 0 Å². The van der Waals surface area contributed by atoms with E-state index in [4.69, 9.17) is 9.51 Å². The third-order valence-corrected chi connectivity index (χ3v) is 7.36. The lowest BCUT2D eigenvalue weighted by Crippen LogP contribution is -2.41. The van der Waals surface area contributed by atoms with Crippen molar-refractivity contribution >= 4 is 17.0 Å². The first-order valence-electron chi connectivity index (χ1n) is 12.1. The number of amides is 1. The molecule has 0 atom stereocenters. The van der Waals surface area contributed by atoms with Crippen LogP contribution in [0.1, 0.15) is 60.5 Å². The van der Waals surface area contributed by atoms with E-state index >= 15 is 0 Å². The average molecular weight is 431 g/mol. The predicted octanol–water partition coefficient (Wildman–Crippen LogP) is 4.72. The van der Waals surface area contributed by atoms with Gasteiger partial charge in [0.2, 0.25) is 0 Å². The van der Waals surface area contributed by atoms with Crippen molar-refractivity contribution in [1.82, 2.24) is 19.9 Å². The first-order chi connectivity index (χ1) is 15.8. The van der Waals surface area contributed by atoms with E-state index < -0.39 is 0 Å². The van der Waals surface area contributed by atoms with E-state index in [0.29, 0.717) is 28.8 Å². The van der Waals surface area contributed by atoms with Crippen LogP contribution in [0, 0.1) is 5.92 Å². The van der Waals surface area contributed by atoms with Crippen molar-refractivity contribution in [1.29, 1.82) is 0 Å². The minimum Gasteiger partial charge on any atom is -0.339 e. The summed E-state index contributed by atoms with van der Waals surface area (Å²) in [5.74, 6) is 1.24. The number of nitrogens with zero attached hydrogens (tertiary/aromatic N) is 4. The van der Waals surface area contributed by atoms with Gasteiger partial charge in [-0.15, -0.1) is 0 Å². The molecule has 1 amide bonds. The Labute approximate surface area is 188 Å². The highest BCUT2D eigenvalue weighted by Gasteiger charge is 2.32. The molecule has 6 rings (SSSR count). The number of pyridine rings is 1. The zero-order chi connectivity index (χ0) is 21.5. The van der Waals surface area contributed by atoms with Gasteiger partial charge in [-0.2, -0.15) is 0 Å². The van der Waals surface area contributed by atoms with Crippen LogP contribution in [-0.4, -0.2) is 58.6 Å². The minimum atomic E-state index is 0.0966. The third-order valence-electron chi connectivity index (χ3n) is 7.36. The first-order valence-corrected chi connectivity index (χ1v) is 12.1. The molecule has 3 aromatic rings. The molecule has 32 heavy (non-hydrogen) atoms. The van der Waals surface area contributed by atoms with Gasteiger partial charge in [0.25, 0.3) is 11.6 Å². The smallest absolute Gasteiger partial charge is 0.259 e. The lowest BCUT2D eigenvalue weighted by atomic mass is 9.95. The van der Waals surface area contributed by atoms with Gasteiger partial charge >= 0.3 is 0 Å². The number of hydrogen-bond donors (Lipinski definition) is 0. The largest absolute Gasteiger partial charge is 0.339 e. The molecule has 0 bridgehead atoms. The predicted molar refractivity (Wildman–Crippen MR) is 124 cm³/mol. The summed E-state index contributed by atoms with van der Waals surface area (Å²) in [4.78, 5) is 23.1. The molecular formula is C26H30N4O2. The number of carbonyl (C=O) groups is 1. The van der Waals surface area contributed by atoms with Crippen LogP contribution in [0.3, 0.4) is 0 Å². The number of carbonyl (C=O) groups excluding carboxylic acids is 1. The van der Waals surface area contributed by atoms with Crippen molar-refractivity contribution in [2.24, 2.45) is 5.92 Å². The second-order valence-corrected chi connectivity index (χ2v) is 9.69. The van der Waals surface area contributed by atoms with E-state index in [1.165, 1.54) is 32.5 Å². The van der Waals surface area contributed by atoms with E-state index in [1.54, 1.807) is 0 Å². The molecule has 1 aromatic carbocycles. The van der Waals surface area contributed by atoms with Gasteiger partial charge in [-0.05, 0) is 63.6 Å². The topological polar surface area (TPSA) is 62.5 Å². The molecule has 6 heteroatoms. The summed E-state index contributed by atoms with van der Waals surface area (Å²) in [5, 5.41) is 5.08. The molecule has 2 saturated heterocycles. The molecule has 0 N–H and O–H groups in total. The van der Waals surface area contributed by atoms with Crippen LogP contribution in [0.5, 0.6) is 0 Å².